The standard InChI is InChI=1S/C6H11O2/c1-7-6-4-2-3-5-8-6/h2,6H,3-5H2,1H3. The highest BCUT2D eigenvalue weighted by atomic mass is 16.7. The smallest absolute Gasteiger partial charge is 0.157 e. The first-order chi connectivity index (χ1) is 3.93. The Bertz CT molecular complexity index is 57.5. The summed E-state index contributed by atoms with van der Waals surface area (Å²) in [6, 6.07) is 0. The van der Waals surface area contributed by atoms with Crippen LogP contribution in [0.2, 0.25) is 0 Å². The lowest BCUT2D eigenvalue weighted by atomic mass is 10.2. The van der Waals surface area contributed by atoms with E-state index in [1.54, 1.807) is 7.11 Å². The van der Waals surface area contributed by atoms with E-state index in [9.17, 15) is 0 Å². The first-order valence-electron chi connectivity index (χ1n) is 2.89. The van der Waals surface area contributed by atoms with E-state index < -0.39 is 0 Å². The lowest BCUT2D eigenvalue weighted by molar-refractivity contribution is -0.134. The molecule has 1 unspecified atom stereocenters. The fourth-order valence-electron chi connectivity index (χ4n) is 0.769. The quantitative estimate of drug-likeness (QED) is 0.507. The Balaban J connectivity index is 2.13. The summed E-state index contributed by atoms with van der Waals surface area (Å²) in [5, 5.41) is 0. The van der Waals surface area contributed by atoms with Gasteiger partial charge in [-0.2, -0.15) is 0 Å². The lowest BCUT2D eigenvalue weighted by Gasteiger charge is -2.19. The maximum atomic E-state index is 5.17. The highest BCUT2D eigenvalue weighted by molar-refractivity contribution is 4.70. The van der Waals surface area contributed by atoms with Crippen LogP contribution in [0.15, 0.2) is 0 Å². The molecule has 47 valence electrons. The second kappa shape index (κ2) is 3.05. The van der Waals surface area contributed by atoms with Crippen molar-refractivity contribution >= 4 is 0 Å². The van der Waals surface area contributed by atoms with Crippen LogP contribution in [-0.2, 0) is 9.47 Å². The van der Waals surface area contributed by atoms with E-state index in [1.807, 2.05) is 0 Å². The highest BCUT2D eigenvalue weighted by Gasteiger charge is 2.10. The molecule has 0 aromatic heterocycles. The third-order valence-corrected chi connectivity index (χ3v) is 1.25. The Kier molecular flexibility index (Phi) is 2.30. The molecule has 0 aromatic carbocycles. The van der Waals surface area contributed by atoms with Crippen LogP contribution in [0.3, 0.4) is 0 Å². The topological polar surface area (TPSA) is 18.5 Å². The van der Waals surface area contributed by atoms with Crippen molar-refractivity contribution in [2.24, 2.45) is 0 Å². The zero-order chi connectivity index (χ0) is 5.82. The summed E-state index contributed by atoms with van der Waals surface area (Å²) in [7, 11) is 1.67. The molecule has 1 atom stereocenters. The molecule has 0 saturated carbocycles. The molecule has 0 aliphatic carbocycles. The van der Waals surface area contributed by atoms with Crippen LogP contribution in [0.5, 0.6) is 0 Å². The molecule has 0 amide bonds. The van der Waals surface area contributed by atoms with Crippen molar-refractivity contribution in [1.82, 2.24) is 0 Å². The highest BCUT2D eigenvalue weighted by Crippen LogP contribution is 2.10. The van der Waals surface area contributed by atoms with Gasteiger partial charge in [-0.15, -0.1) is 0 Å². The average Bonchev–Trinajstić information content (AvgIpc) is 1.90. The van der Waals surface area contributed by atoms with E-state index in [1.165, 1.54) is 0 Å². The van der Waals surface area contributed by atoms with E-state index in [2.05, 4.69) is 6.42 Å². The molecule has 1 rings (SSSR count). The van der Waals surface area contributed by atoms with Crippen molar-refractivity contribution in [3.63, 3.8) is 0 Å². The largest absolute Gasteiger partial charge is 0.356 e. The summed E-state index contributed by atoms with van der Waals surface area (Å²) in [4.78, 5) is 0. The summed E-state index contributed by atoms with van der Waals surface area (Å²) in [6.45, 7) is 0.818. The Labute approximate surface area is 49.8 Å². The van der Waals surface area contributed by atoms with Crippen LogP contribution in [0, 0.1) is 6.42 Å². The first kappa shape index (κ1) is 6.05. The molecule has 1 heterocycles. The summed E-state index contributed by atoms with van der Waals surface area (Å²) in [5.41, 5.74) is 0. The van der Waals surface area contributed by atoms with Crippen LogP contribution >= 0.6 is 0 Å². The van der Waals surface area contributed by atoms with Gasteiger partial charge in [0.1, 0.15) is 0 Å². The molecule has 1 fully saturated rings. The minimum absolute atomic E-state index is 0.0312. The monoisotopic (exact) mass is 115 g/mol. The van der Waals surface area contributed by atoms with Gasteiger partial charge >= 0.3 is 0 Å². The Hall–Kier alpha value is -0.0800. The molecular formula is C6H11O2. The van der Waals surface area contributed by atoms with Gasteiger partial charge in [0.2, 0.25) is 0 Å². The lowest BCUT2D eigenvalue weighted by Crippen LogP contribution is -2.20. The van der Waals surface area contributed by atoms with Crippen LogP contribution in [0.4, 0.5) is 0 Å². The van der Waals surface area contributed by atoms with Crippen molar-refractivity contribution in [2.45, 2.75) is 19.1 Å². The van der Waals surface area contributed by atoms with Crippen molar-refractivity contribution in [3.8, 4) is 0 Å². The zero-order valence-corrected chi connectivity index (χ0v) is 5.09. The molecular weight excluding hydrogens is 104 g/mol. The maximum Gasteiger partial charge on any atom is 0.157 e. The Morgan fingerprint density at radius 2 is 2.62 bits per heavy atom. The maximum absolute atomic E-state index is 5.17. The summed E-state index contributed by atoms with van der Waals surface area (Å²) in [5.74, 6) is 0. The van der Waals surface area contributed by atoms with Crippen LogP contribution in [0.25, 0.3) is 0 Å². The number of rotatable bonds is 1. The third-order valence-electron chi connectivity index (χ3n) is 1.25. The average molecular weight is 115 g/mol. The van der Waals surface area contributed by atoms with E-state index in [0.717, 1.165) is 19.4 Å². The van der Waals surface area contributed by atoms with Crippen LogP contribution in [-0.4, -0.2) is 20.0 Å². The van der Waals surface area contributed by atoms with Crippen LogP contribution < -0.4 is 0 Å². The van der Waals surface area contributed by atoms with Crippen LogP contribution in [0.1, 0.15) is 12.8 Å². The summed E-state index contributed by atoms with van der Waals surface area (Å²) < 4.78 is 10.1. The van der Waals surface area contributed by atoms with Gasteiger partial charge in [-0.25, -0.2) is 0 Å². The minimum atomic E-state index is 0.0312. The number of hydrogen-bond acceptors (Lipinski definition) is 2. The van der Waals surface area contributed by atoms with E-state index in [-0.39, 0.29) is 6.29 Å². The molecule has 0 N–H and O–H groups in total. The van der Waals surface area contributed by atoms with Crippen molar-refractivity contribution < 1.29 is 9.47 Å². The summed E-state index contributed by atoms with van der Waals surface area (Å²) >= 11 is 0. The number of methoxy groups -OCH3 is 1. The molecule has 0 aromatic rings. The first-order valence-corrected chi connectivity index (χ1v) is 2.89. The Morgan fingerprint density at radius 3 is 3.00 bits per heavy atom. The van der Waals surface area contributed by atoms with Crippen molar-refractivity contribution in [3.05, 3.63) is 6.42 Å². The summed E-state index contributed by atoms with van der Waals surface area (Å²) in [6.07, 6.45) is 4.23. The van der Waals surface area contributed by atoms with Gasteiger partial charge in [-0.05, 0) is 12.8 Å². The van der Waals surface area contributed by atoms with Crippen molar-refractivity contribution in [2.75, 3.05) is 13.7 Å². The molecule has 1 radical (unpaired) electrons. The minimum Gasteiger partial charge on any atom is -0.356 e. The fraction of sp³-hybridized carbons (Fsp3) is 0.833. The zero-order valence-electron chi connectivity index (χ0n) is 5.09. The molecule has 1 saturated heterocycles. The van der Waals surface area contributed by atoms with Gasteiger partial charge in [0.25, 0.3) is 0 Å². The normalized spacial score (nSPS) is 30.4. The molecule has 1 aliphatic rings. The second-order valence-corrected chi connectivity index (χ2v) is 1.85. The van der Waals surface area contributed by atoms with Gasteiger partial charge < -0.3 is 9.47 Å². The second-order valence-electron chi connectivity index (χ2n) is 1.85. The van der Waals surface area contributed by atoms with Gasteiger partial charge in [0.05, 0.1) is 6.61 Å². The van der Waals surface area contributed by atoms with Gasteiger partial charge in [-0.3, -0.25) is 0 Å². The molecule has 0 bridgehead atoms. The number of hydrogen-bond donors (Lipinski definition) is 0. The fourth-order valence-corrected chi connectivity index (χ4v) is 0.769. The molecule has 8 heavy (non-hydrogen) atoms. The van der Waals surface area contributed by atoms with Gasteiger partial charge in [-0.1, -0.05) is 0 Å². The molecule has 2 nitrogen and oxygen atoms in total. The van der Waals surface area contributed by atoms with Gasteiger partial charge in [0.15, 0.2) is 6.29 Å². The van der Waals surface area contributed by atoms with E-state index >= 15 is 0 Å². The van der Waals surface area contributed by atoms with Crippen molar-refractivity contribution in [1.29, 1.82) is 0 Å². The SMILES string of the molecule is COC1C[CH]CCO1. The van der Waals surface area contributed by atoms with E-state index in [4.69, 9.17) is 9.47 Å². The number of ether oxygens (including phenoxy) is 2. The molecule has 1 aliphatic heterocycles. The third kappa shape index (κ3) is 1.46. The molecule has 0 spiro atoms. The predicted octanol–water partition coefficient (Wildman–Crippen LogP) is 0.974. The van der Waals surface area contributed by atoms with Gasteiger partial charge in [0, 0.05) is 13.5 Å². The Morgan fingerprint density at radius 1 is 1.75 bits per heavy atom. The predicted molar refractivity (Wildman–Crippen MR) is 30.3 cm³/mol. The van der Waals surface area contributed by atoms with E-state index in [0.29, 0.717) is 0 Å². The molecule has 2 heteroatoms.